The molecule has 25 heavy (non-hydrogen) atoms. The van der Waals surface area contributed by atoms with Crippen molar-refractivity contribution in [3.05, 3.63) is 53.6 Å². The number of carbonyl (C=O) groups is 1. The topological polar surface area (TPSA) is 38.8 Å². The monoisotopic (exact) mass is 379 g/mol. The zero-order chi connectivity index (χ0) is 17.6. The summed E-state index contributed by atoms with van der Waals surface area (Å²) in [7, 11) is 0. The first-order valence-electron chi connectivity index (χ1n) is 8.19. The molecule has 1 heterocycles. The SMILES string of the molecule is O=C(Cl)CN1CCC[C@@H]1COc1ccc(Oc2ccc(Cl)cc2)cc1. The molecule has 0 bridgehead atoms. The molecule has 1 saturated heterocycles. The number of likely N-dealkylation sites (tertiary alicyclic amines) is 1. The van der Waals surface area contributed by atoms with Crippen LogP contribution < -0.4 is 9.47 Å². The van der Waals surface area contributed by atoms with Crippen molar-refractivity contribution in [3.8, 4) is 17.2 Å². The molecule has 6 heteroatoms. The molecule has 1 fully saturated rings. The van der Waals surface area contributed by atoms with E-state index in [2.05, 4.69) is 4.90 Å². The molecule has 1 aliphatic rings. The lowest BCUT2D eigenvalue weighted by Gasteiger charge is -2.22. The van der Waals surface area contributed by atoms with E-state index < -0.39 is 0 Å². The van der Waals surface area contributed by atoms with Crippen LogP contribution >= 0.6 is 23.2 Å². The van der Waals surface area contributed by atoms with Crippen LogP contribution in [0.1, 0.15) is 12.8 Å². The Morgan fingerprint density at radius 3 is 2.28 bits per heavy atom. The highest BCUT2D eigenvalue weighted by Crippen LogP contribution is 2.26. The maximum Gasteiger partial charge on any atom is 0.235 e. The molecule has 0 aromatic heterocycles. The largest absolute Gasteiger partial charge is 0.492 e. The van der Waals surface area contributed by atoms with Crippen LogP contribution in [0.4, 0.5) is 0 Å². The first-order valence-corrected chi connectivity index (χ1v) is 8.94. The van der Waals surface area contributed by atoms with Crippen molar-refractivity contribution in [2.75, 3.05) is 19.7 Å². The van der Waals surface area contributed by atoms with E-state index in [0.29, 0.717) is 11.6 Å². The van der Waals surface area contributed by atoms with Gasteiger partial charge in [0, 0.05) is 11.1 Å². The van der Waals surface area contributed by atoms with Crippen LogP contribution in [0.25, 0.3) is 0 Å². The summed E-state index contributed by atoms with van der Waals surface area (Å²) in [6, 6.07) is 14.9. The van der Waals surface area contributed by atoms with Gasteiger partial charge in [-0.05, 0) is 79.5 Å². The Morgan fingerprint density at radius 1 is 1.04 bits per heavy atom. The molecule has 2 aromatic carbocycles. The minimum atomic E-state index is -0.324. The van der Waals surface area contributed by atoms with Gasteiger partial charge in [0.1, 0.15) is 23.9 Å². The third-order valence-corrected chi connectivity index (χ3v) is 4.51. The van der Waals surface area contributed by atoms with Gasteiger partial charge < -0.3 is 9.47 Å². The van der Waals surface area contributed by atoms with Crippen molar-refractivity contribution in [1.82, 2.24) is 4.90 Å². The van der Waals surface area contributed by atoms with Crippen LogP contribution in [-0.2, 0) is 4.79 Å². The molecule has 3 rings (SSSR count). The van der Waals surface area contributed by atoms with E-state index in [1.54, 1.807) is 12.1 Å². The van der Waals surface area contributed by atoms with E-state index in [4.69, 9.17) is 32.7 Å². The summed E-state index contributed by atoms with van der Waals surface area (Å²) in [6.45, 7) is 1.71. The van der Waals surface area contributed by atoms with E-state index in [0.717, 1.165) is 36.6 Å². The molecule has 132 valence electrons. The second-order valence-electron chi connectivity index (χ2n) is 5.96. The van der Waals surface area contributed by atoms with Crippen molar-refractivity contribution >= 4 is 28.4 Å². The first kappa shape index (κ1) is 18.1. The summed E-state index contributed by atoms with van der Waals surface area (Å²) in [6.07, 6.45) is 2.08. The van der Waals surface area contributed by atoms with Crippen molar-refractivity contribution < 1.29 is 14.3 Å². The van der Waals surface area contributed by atoms with Gasteiger partial charge in [0.2, 0.25) is 5.24 Å². The lowest BCUT2D eigenvalue weighted by atomic mass is 10.2. The number of carbonyl (C=O) groups excluding carboxylic acids is 1. The normalized spacial score (nSPS) is 17.4. The van der Waals surface area contributed by atoms with E-state index in [9.17, 15) is 4.79 Å². The van der Waals surface area contributed by atoms with Gasteiger partial charge >= 0.3 is 0 Å². The van der Waals surface area contributed by atoms with Gasteiger partial charge in [-0.2, -0.15) is 0 Å². The average Bonchev–Trinajstić information content (AvgIpc) is 3.03. The van der Waals surface area contributed by atoms with E-state index >= 15 is 0 Å². The Morgan fingerprint density at radius 2 is 1.64 bits per heavy atom. The number of halogens is 2. The number of nitrogens with zero attached hydrogens (tertiary/aromatic N) is 1. The predicted octanol–water partition coefficient (Wildman–Crippen LogP) is 4.74. The Labute approximate surface area is 157 Å². The molecule has 2 aromatic rings. The molecule has 0 saturated carbocycles. The number of rotatable bonds is 7. The van der Waals surface area contributed by atoms with Gasteiger partial charge in [0.05, 0.1) is 6.54 Å². The van der Waals surface area contributed by atoms with E-state index in [1.807, 2.05) is 36.4 Å². The van der Waals surface area contributed by atoms with E-state index in [-0.39, 0.29) is 17.8 Å². The Kier molecular flexibility index (Phi) is 6.19. The maximum atomic E-state index is 11.1. The second-order valence-corrected chi connectivity index (χ2v) is 6.82. The highest BCUT2D eigenvalue weighted by atomic mass is 35.5. The van der Waals surface area contributed by atoms with Crippen molar-refractivity contribution in [1.29, 1.82) is 0 Å². The zero-order valence-corrected chi connectivity index (χ0v) is 15.2. The molecule has 0 amide bonds. The Hall–Kier alpha value is -1.75. The number of ether oxygens (including phenoxy) is 2. The third kappa shape index (κ3) is 5.36. The van der Waals surface area contributed by atoms with Gasteiger partial charge in [-0.15, -0.1) is 0 Å². The minimum absolute atomic E-state index is 0.229. The zero-order valence-electron chi connectivity index (χ0n) is 13.7. The number of hydrogen-bond donors (Lipinski definition) is 0. The third-order valence-electron chi connectivity index (χ3n) is 4.14. The molecule has 0 N–H and O–H groups in total. The summed E-state index contributed by atoms with van der Waals surface area (Å²) in [5.74, 6) is 2.22. The summed E-state index contributed by atoms with van der Waals surface area (Å²) < 4.78 is 11.6. The van der Waals surface area contributed by atoms with Gasteiger partial charge in [-0.25, -0.2) is 0 Å². The van der Waals surface area contributed by atoms with Crippen molar-refractivity contribution in [2.45, 2.75) is 18.9 Å². The molecule has 1 atom stereocenters. The summed E-state index contributed by atoms with van der Waals surface area (Å²) in [4.78, 5) is 13.2. The Bertz CT molecular complexity index is 704. The molecule has 0 unspecified atom stereocenters. The fourth-order valence-electron chi connectivity index (χ4n) is 2.89. The van der Waals surface area contributed by atoms with Gasteiger partial charge in [0.15, 0.2) is 0 Å². The summed E-state index contributed by atoms with van der Waals surface area (Å²) >= 11 is 11.4. The fraction of sp³-hybridized carbons (Fsp3) is 0.316. The maximum absolute atomic E-state index is 11.1. The second kappa shape index (κ2) is 8.56. The molecule has 4 nitrogen and oxygen atoms in total. The van der Waals surface area contributed by atoms with Crippen LogP contribution in [0.5, 0.6) is 17.2 Å². The number of benzene rings is 2. The van der Waals surface area contributed by atoms with Crippen LogP contribution in [0.15, 0.2) is 48.5 Å². The quantitative estimate of drug-likeness (QED) is 0.651. The van der Waals surface area contributed by atoms with Crippen LogP contribution in [0.2, 0.25) is 5.02 Å². The van der Waals surface area contributed by atoms with Crippen molar-refractivity contribution in [3.63, 3.8) is 0 Å². The highest BCUT2D eigenvalue weighted by molar-refractivity contribution is 6.64. The smallest absolute Gasteiger partial charge is 0.235 e. The summed E-state index contributed by atoms with van der Waals surface area (Å²) in [5, 5.41) is 0.350. The first-order chi connectivity index (χ1) is 12.1. The molecule has 0 spiro atoms. The van der Waals surface area contributed by atoms with Gasteiger partial charge in [0.25, 0.3) is 0 Å². The van der Waals surface area contributed by atoms with Gasteiger partial charge in [-0.3, -0.25) is 9.69 Å². The molecular formula is C19H19Cl2NO3. The Balaban J connectivity index is 1.52. The van der Waals surface area contributed by atoms with Crippen molar-refractivity contribution in [2.24, 2.45) is 0 Å². The van der Waals surface area contributed by atoms with E-state index in [1.165, 1.54) is 0 Å². The molecule has 0 radical (unpaired) electrons. The number of hydrogen-bond acceptors (Lipinski definition) is 4. The highest BCUT2D eigenvalue weighted by Gasteiger charge is 2.26. The van der Waals surface area contributed by atoms with Crippen LogP contribution in [-0.4, -0.2) is 35.9 Å². The molecule has 0 aliphatic carbocycles. The lowest BCUT2D eigenvalue weighted by Crippen LogP contribution is -2.36. The fourth-order valence-corrected chi connectivity index (χ4v) is 3.17. The summed E-state index contributed by atoms with van der Waals surface area (Å²) in [5.41, 5.74) is 0. The minimum Gasteiger partial charge on any atom is -0.492 e. The predicted molar refractivity (Wildman–Crippen MR) is 98.9 cm³/mol. The standard InChI is InChI=1S/C19H19Cl2NO3/c20-14-3-5-17(6-4-14)25-18-9-7-16(8-10-18)24-13-15-2-1-11-22(15)12-19(21)23/h3-10,15H,1-2,11-13H2/t15-/m1/s1. The van der Waals surface area contributed by atoms with Crippen LogP contribution in [0.3, 0.4) is 0 Å². The molecule has 1 aliphatic heterocycles. The molecular weight excluding hydrogens is 361 g/mol. The van der Waals surface area contributed by atoms with Crippen LogP contribution in [0, 0.1) is 0 Å². The average molecular weight is 380 g/mol. The lowest BCUT2D eigenvalue weighted by molar-refractivity contribution is -0.113. The van der Waals surface area contributed by atoms with Gasteiger partial charge in [-0.1, -0.05) is 11.6 Å².